The molecule has 150 valence electrons. The molecule has 9 heteroatoms. The SMILES string of the molecule is CC(=O)C(c1cnc(N)nc1)c1cccc(N(C(N)=O)n2ccc(C(C)C)n2)c1. The monoisotopic (exact) mass is 393 g/mol. The van der Waals surface area contributed by atoms with Crippen LogP contribution < -0.4 is 16.5 Å². The van der Waals surface area contributed by atoms with Gasteiger partial charge in [-0.15, -0.1) is 0 Å². The summed E-state index contributed by atoms with van der Waals surface area (Å²) < 4.78 is 0. The van der Waals surface area contributed by atoms with Crippen LogP contribution in [0.25, 0.3) is 0 Å². The van der Waals surface area contributed by atoms with Gasteiger partial charge in [0.05, 0.1) is 17.3 Å². The summed E-state index contributed by atoms with van der Waals surface area (Å²) in [6.45, 7) is 5.50. The molecule has 0 aliphatic rings. The minimum Gasteiger partial charge on any atom is -0.368 e. The van der Waals surface area contributed by atoms with Crippen molar-refractivity contribution in [1.82, 2.24) is 19.9 Å². The number of carbonyl (C=O) groups is 2. The van der Waals surface area contributed by atoms with Gasteiger partial charge >= 0.3 is 6.03 Å². The van der Waals surface area contributed by atoms with E-state index < -0.39 is 11.9 Å². The van der Waals surface area contributed by atoms with E-state index in [2.05, 4.69) is 15.1 Å². The number of hydrogen-bond donors (Lipinski definition) is 2. The number of nitrogen functional groups attached to an aromatic ring is 1. The number of benzene rings is 1. The van der Waals surface area contributed by atoms with Crippen molar-refractivity contribution in [2.24, 2.45) is 5.73 Å². The van der Waals surface area contributed by atoms with Gasteiger partial charge in [0, 0.05) is 24.2 Å². The number of carbonyl (C=O) groups excluding carboxylic acids is 2. The van der Waals surface area contributed by atoms with Gasteiger partial charge in [-0.05, 0) is 36.6 Å². The molecule has 1 unspecified atom stereocenters. The van der Waals surface area contributed by atoms with Gasteiger partial charge in [-0.1, -0.05) is 26.0 Å². The Balaban J connectivity index is 2.04. The standard InChI is InChI=1S/C20H23N7O2/c1-12(2)17-7-8-26(25-17)27(20(22)29)16-6-4-5-14(9-16)18(13(3)28)15-10-23-19(21)24-11-15/h4-12,18H,1-3H3,(H2,22,29)(H2,21,23,24). The molecule has 0 bridgehead atoms. The van der Waals surface area contributed by atoms with Gasteiger partial charge in [0.1, 0.15) is 5.78 Å². The first-order valence-electron chi connectivity index (χ1n) is 9.11. The fourth-order valence-electron chi connectivity index (χ4n) is 3.09. The van der Waals surface area contributed by atoms with Gasteiger partial charge < -0.3 is 11.5 Å². The Kier molecular flexibility index (Phi) is 5.58. The van der Waals surface area contributed by atoms with E-state index in [4.69, 9.17) is 11.5 Å². The number of rotatable bonds is 6. The Morgan fingerprint density at radius 3 is 2.34 bits per heavy atom. The van der Waals surface area contributed by atoms with Crippen molar-refractivity contribution in [2.75, 3.05) is 10.7 Å². The van der Waals surface area contributed by atoms with Crippen LogP contribution >= 0.6 is 0 Å². The van der Waals surface area contributed by atoms with Crippen LogP contribution in [0.4, 0.5) is 16.4 Å². The maximum atomic E-state index is 12.4. The first-order chi connectivity index (χ1) is 13.8. The number of ketones is 1. The van der Waals surface area contributed by atoms with E-state index in [-0.39, 0.29) is 17.6 Å². The Morgan fingerprint density at radius 1 is 1.10 bits per heavy atom. The van der Waals surface area contributed by atoms with Crippen LogP contribution in [0.1, 0.15) is 49.4 Å². The Bertz CT molecular complexity index is 1030. The molecule has 2 heterocycles. The number of hydrogen-bond acceptors (Lipinski definition) is 6. The molecule has 0 radical (unpaired) electrons. The third-order valence-corrected chi connectivity index (χ3v) is 4.48. The fourth-order valence-corrected chi connectivity index (χ4v) is 3.09. The normalized spacial score (nSPS) is 12.0. The molecule has 3 aromatic rings. The van der Waals surface area contributed by atoms with Crippen LogP contribution in [0.3, 0.4) is 0 Å². The minimum absolute atomic E-state index is 0.0951. The van der Waals surface area contributed by atoms with Crippen LogP contribution in [-0.4, -0.2) is 31.7 Å². The Labute approximate surface area is 168 Å². The zero-order chi connectivity index (χ0) is 21.1. The second-order valence-electron chi connectivity index (χ2n) is 6.98. The molecule has 0 fully saturated rings. The van der Waals surface area contributed by atoms with E-state index in [9.17, 15) is 9.59 Å². The summed E-state index contributed by atoms with van der Waals surface area (Å²) in [6.07, 6.45) is 4.72. The molecule has 0 saturated heterocycles. The van der Waals surface area contributed by atoms with Crippen molar-refractivity contribution in [1.29, 1.82) is 0 Å². The molecule has 3 rings (SSSR count). The Hall–Kier alpha value is -3.75. The molecule has 1 atom stereocenters. The van der Waals surface area contributed by atoms with Gasteiger partial charge in [0.2, 0.25) is 5.95 Å². The average molecular weight is 393 g/mol. The van der Waals surface area contributed by atoms with E-state index >= 15 is 0 Å². The van der Waals surface area contributed by atoms with Crippen molar-refractivity contribution in [3.05, 3.63) is 65.7 Å². The van der Waals surface area contributed by atoms with E-state index in [0.717, 1.165) is 5.69 Å². The number of primary amides is 1. The number of nitrogens with zero attached hydrogens (tertiary/aromatic N) is 5. The van der Waals surface area contributed by atoms with Gasteiger partial charge in [-0.25, -0.2) is 14.8 Å². The average Bonchev–Trinajstić information content (AvgIpc) is 3.13. The predicted molar refractivity (Wildman–Crippen MR) is 109 cm³/mol. The zero-order valence-electron chi connectivity index (χ0n) is 16.5. The van der Waals surface area contributed by atoms with E-state index in [1.165, 1.54) is 29.1 Å². The summed E-state index contributed by atoms with van der Waals surface area (Å²) in [7, 11) is 0. The molecule has 1 aromatic carbocycles. The summed E-state index contributed by atoms with van der Waals surface area (Å²) in [6, 6.07) is 8.13. The number of nitrogens with two attached hydrogens (primary N) is 2. The van der Waals surface area contributed by atoms with Crippen molar-refractivity contribution < 1.29 is 9.59 Å². The molecule has 0 spiro atoms. The van der Waals surface area contributed by atoms with E-state index in [0.29, 0.717) is 16.8 Å². The van der Waals surface area contributed by atoms with E-state index in [1.54, 1.807) is 30.5 Å². The lowest BCUT2D eigenvalue weighted by Gasteiger charge is -2.22. The van der Waals surface area contributed by atoms with Crippen LogP contribution in [-0.2, 0) is 4.79 Å². The lowest BCUT2D eigenvalue weighted by molar-refractivity contribution is -0.117. The third-order valence-electron chi connectivity index (χ3n) is 4.48. The molecule has 2 amide bonds. The summed E-state index contributed by atoms with van der Waals surface area (Å²) in [4.78, 5) is 33.9. The van der Waals surface area contributed by atoms with Crippen LogP contribution in [0, 0.1) is 0 Å². The maximum absolute atomic E-state index is 12.4. The van der Waals surface area contributed by atoms with Crippen molar-refractivity contribution >= 4 is 23.5 Å². The fraction of sp³-hybridized carbons (Fsp3) is 0.250. The summed E-state index contributed by atoms with van der Waals surface area (Å²) in [5, 5.41) is 5.67. The largest absolute Gasteiger partial charge is 0.368 e. The lowest BCUT2D eigenvalue weighted by atomic mass is 9.90. The quantitative estimate of drug-likeness (QED) is 0.661. The van der Waals surface area contributed by atoms with E-state index in [1.807, 2.05) is 19.9 Å². The number of urea groups is 1. The van der Waals surface area contributed by atoms with Crippen LogP contribution in [0.2, 0.25) is 0 Å². The summed E-state index contributed by atoms with van der Waals surface area (Å²) in [5.74, 6) is -0.370. The molecule has 9 nitrogen and oxygen atoms in total. The van der Waals surface area contributed by atoms with Crippen LogP contribution in [0.5, 0.6) is 0 Å². The highest BCUT2D eigenvalue weighted by Crippen LogP contribution is 2.28. The highest BCUT2D eigenvalue weighted by atomic mass is 16.2. The van der Waals surface area contributed by atoms with Crippen molar-refractivity contribution in [2.45, 2.75) is 32.6 Å². The number of anilines is 2. The molecular weight excluding hydrogens is 370 g/mol. The predicted octanol–water partition coefficient (Wildman–Crippen LogP) is 2.45. The zero-order valence-corrected chi connectivity index (χ0v) is 16.5. The molecule has 2 aromatic heterocycles. The molecule has 29 heavy (non-hydrogen) atoms. The first kappa shape index (κ1) is 20.0. The second-order valence-corrected chi connectivity index (χ2v) is 6.98. The highest BCUT2D eigenvalue weighted by molar-refractivity contribution is 5.91. The molecule has 0 saturated carbocycles. The van der Waals surface area contributed by atoms with Gasteiger partial charge in [-0.3, -0.25) is 4.79 Å². The topological polar surface area (TPSA) is 133 Å². The number of aromatic nitrogens is 4. The lowest BCUT2D eigenvalue weighted by Crippen LogP contribution is -2.40. The van der Waals surface area contributed by atoms with Gasteiger partial charge in [0.15, 0.2) is 0 Å². The molecular formula is C20H23N7O2. The number of amides is 2. The van der Waals surface area contributed by atoms with Gasteiger partial charge in [0.25, 0.3) is 0 Å². The summed E-state index contributed by atoms with van der Waals surface area (Å²) >= 11 is 0. The van der Waals surface area contributed by atoms with Crippen molar-refractivity contribution in [3.63, 3.8) is 0 Å². The Morgan fingerprint density at radius 2 is 1.79 bits per heavy atom. The third kappa shape index (κ3) is 4.23. The molecule has 4 N–H and O–H groups in total. The number of Topliss-reactive ketones (excluding diaryl/α,β-unsaturated/α-hetero) is 1. The smallest absolute Gasteiger partial charge is 0.340 e. The van der Waals surface area contributed by atoms with Gasteiger partial charge in [-0.2, -0.15) is 14.9 Å². The van der Waals surface area contributed by atoms with Crippen molar-refractivity contribution in [3.8, 4) is 0 Å². The highest BCUT2D eigenvalue weighted by Gasteiger charge is 2.23. The van der Waals surface area contributed by atoms with Crippen LogP contribution in [0.15, 0.2) is 48.9 Å². The first-order valence-corrected chi connectivity index (χ1v) is 9.11. The maximum Gasteiger partial charge on any atom is 0.340 e. The molecule has 0 aliphatic heterocycles. The summed E-state index contributed by atoms with van der Waals surface area (Å²) in [5.41, 5.74) is 13.8. The molecule has 0 aliphatic carbocycles. The minimum atomic E-state index is -0.698. The second kappa shape index (κ2) is 8.09.